The number of hydrogen-bond acceptors (Lipinski definition) is 3. The number of thioether (sulfide) groups is 1. The molecule has 3 nitrogen and oxygen atoms in total. The Labute approximate surface area is 130 Å². The third-order valence-corrected chi connectivity index (χ3v) is 4.91. The lowest BCUT2D eigenvalue weighted by Gasteiger charge is -2.20. The summed E-state index contributed by atoms with van der Waals surface area (Å²) in [4.78, 5) is 19.3. The van der Waals surface area contributed by atoms with E-state index in [0.29, 0.717) is 0 Å². The van der Waals surface area contributed by atoms with Gasteiger partial charge >= 0.3 is 0 Å². The summed E-state index contributed by atoms with van der Waals surface area (Å²) < 4.78 is 0. The molecule has 0 atom stereocenters. The SMILES string of the molecule is Cc1ccc(/C=C2\SC(N3CCCCCC3)=NC2=O)cc1. The number of amidine groups is 1. The van der Waals surface area contributed by atoms with Crippen LogP contribution in [-0.4, -0.2) is 29.1 Å². The minimum Gasteiger partial charge on any atom is -0.351 e. The number of benzene rings is 1. The maximum atomic E-state index is 12.1. The minimum absolute atomic E-state index is 0.0974. The molecule has 2 aliphatic rings. The molecule has 1 aromatic carbocycles. The second-order valence-corrected chi connectivity index (χ2v) is 6.63. The molecule has 2 aliphatic heterocycles. The highest BCUT2D eigenvalue weighted by atomic mass is 32.2. The Morgan fingerprint density at radius 1 is 1.10 bits per heavy atom. The topological polar surface area (TPSA) is 32.7 Å². The molecule has 0 N–H and O–H groups in total. The van der Waals surface area contributed by atoms with E-state index in [4.69, 9.17) is 0 Å². The zero-order valence-electron chi connectivity index (χ0n) is 12.3. The van der Waals surface area contributed by atoms with E-state index in [9.17, 15) is 4.79 Å². The lowest BCUT2D eigenvalue weighted by atomic mass is 10.1. The standard InChI is InChI=1S/C17H20N2OS/c1-13-6-8-14(9-7-13)12-15-16(20)18-17(21-15)19-10-4-2-3-5-11-19/h6-9,12H,2-5,10-11H2,1H3/b15-12-. The second-order valence-electron chi connectivity index (χ2n) is 5.62. The van der Waals surface area contributed by atoms with E-state index in [1.807, 2.05) is 18.2 Å². The van der Waals surface area contributed by atoms with E-state index >= 15 is 0 Å². The summed E-state index contributed by atoms with van der Waals surface area (Å²) in [5.41, 5.74) is 2.29. The van der Waals surface area contributed by atoms with Crippen molar-refractivity contribution in [3.8, 4) is 0 Å². The van der Waals surface area contributed by atoms with E-state index in [-0.39, 0.29) is 5.91 Å². The molecule has 110 valence electrons. The van der Waals surface area contributed by atoms with Gasteiger partial charge in [-0.2, -0.15) is 4.99 Å². The molecule has 0 aliphatic carbocycles. The summed E-state index contributed by atoms with van der Waals surface area (Å²) in [5.74, 6) is -0.0974. The van der Waals surface area contributed by atoms with Crippen LogP contribution in [0.4, 0.5) is 0 Å². The van der Waals surface area contributed by atoms with Crippen LogP contribution in [0, 0.1) is 6.92 Å². The molecule has 0 radical (unpaired) electrons. The molecule has 0 aromatic heterocycles. The number of likely N-dealkylation sites (tertiary alicyclic amines) is 1. The Morgan fingerprint density at radius 3 is 2.43 bits per heavy atom. The smallest absolute Gasteiger partial charge is 0.286 e. The number of carbonyl (C=O) groups is 1. The highest BCUT2D eigenvalue weighted by molar-refractivity contribution is 8.18. The third kappa shape index (κ3) is 3.56. The van der Waals surface area contributed by atoms with Crippen molar-refractivity contribution in [1.82, 2.24) is 4.90 Å². The molecule has 3 rings (SSSR count). The predicted molar refractivity (Wildman–Crippen MR) is 89.2 cm³/mol. The normalized spacial score (nSPS) is 21.6. The summed E-state index contributed by atoms with van der Waals surface area (Å²) >= 11 is 1.52. The number of aliphatic imine (C=N–C) groups is 1. The van der Waals surface area contributed by atoms with Gasteiger partial charge in [0.2, 0.25) is 0 Å². The lowest BCUT2D eigenvalue weighted by molar-refractivity contribution is -0.113. The Balaban J connectivity index is 1.73. The quantitative estimate of drug-likeness (QED) is 0.739. The van der Waals surface area contributed by atoms with Crippen LogP contribution in [-0.2, 0) is 4.79 Å². The molecule has 2 heterocycles. The summed E-state index contributed by atoms with van der Waals surface area (Å²) in [6.07, 6.45) is 6.92. The van der Waals surface area contributed by atoms with Crippen molar-refractivity contribution in [2.24, 2.45) is 4.99 Å². The fraction of sp³-hybridized carbons (Fsp3) is 0.412. The number of carbonyl (C=O) groups excluding carboxylic acids is 1. The molecular formula is C17H20N2OS. The van der Waals surface area contributed by atoms with Crippen LogP contribution < -0.4 is 0 Å². The van der Waals surface area contributed by atoms with Crippen LogP contribution >= 0.6 is 11.8 Å². The first-order valence-corrected chi connectivity index (χ1v) is 8.38. The van der Waals surface area contributed by atoms with E-state index in [1.54, 1.807) is 0 Å². The Hall–Kier alpha value is -1.55. The average Bonchev–Trinajstić information content (AvgIpc) is 2.69. The molecule has 0 bridgehead atoms. The van der Waals surface area contributed by atoms with Gasteiger partial charge < -0.3 is 4.90 Å². The number of amides is 1. The molecule has 21 heavy (non-hydrogen) atoms. The average molecular weight is 300 g/mol. The van der Waals surface area contributed by atoms with Gasteiger partial charge in [-0.1, -0.05) is 42.7 Å². The van der Waals surface area contributed by atoms with Crippen molar-refractivity contribution in [3.63, 3.8) is 0 Å². The molecule has 1 saturated heterocycles. The Kier molecular flexibility index (Phi) is 4.44. The molecular weight excluding hydrogens is 280 g/mol. The van der Waals surface area contributed by atoms with Gasteiger partial charge in [-0.25, -0.2) is 0 Å². The Bertz CT molecular complexity index is 581. The monoisotopic (exact) mass is 300 g/mol. The van der Waals surface area contributed by atoms with Gasteiger partial charge in [0.25, 0.3) is 5.91 Å². The van der Waals surface area contributed by atoms with Crippen molar-refractivity contribution in [3.05, 3.63) is 40.3 Å². The first-order valence-electron chi connectivity index (χ1n) is 7.56. The molecule has 1 amide bonds. The van der Waals surface area contributed by atoms with Gasteiger partial charge in [0.1, 0.15) is 0 Å². The summed E-state index contributed by atoms with van der Waals surface area (Å²) in [6.45, 7) is 4.11. The van der Waals surface area contributed by atoms with Gasteiger partial charge in [-0.3, -0.25) is 4.79 Å². The van der Waals surface area contributed by atoms with Crippen molar-refractivity contribution in [1.29, 1.82) is 0 Å². The van der Waals surface area contributed by atoms with Crippen LogP contribution in [0.2, 0.25) is 0 Å². The van der Waals surface area contributed by atoms with E-state index in [1.165, 1.54) is 43.0 Å². The van der Waals surface area contributed by atoms with E-state index in [2.05, 4.69) is 28.9 Å². The second kappa shape index (κ2) is 6.48. The fourth-order valence-corrected chi connectivity index (χ4v) is 3.57. The van der Waals surface area contributed by atoms with Crippen LogP contribution in [0.3, 0.4) is 0 Å². The molecule has 1 fully saturated rings. The van der Waals surface area contributed by atoms with Gasteiger partial charge in [0, 0.05) is 13.1 Å². The molecule has 0 saturated carbocycles. The van der Waals surface area contributed by atoms with Gasteiger partial charge in [-0.15, -0.1) is 0 Å². The number of nitrogens with zero attached hydrogens (tertiary/aromatic N) is 2. The molecule has 4 heteroatoms. The summed E-state index contributed by atoms with van der Waals surface area (Å²) in [7, 11) is 0. The maximum Gasteiger partial charge on any atom is 0.286 e. The van der Waals surface area contributed by atoms with Crippen LogP contribution in [0.5, 0.6) is 0 Å². The van der Waals surface area contributed by atoms with Crippen molar-refractivity contribution >= 4 is 28.9 Å². The minimum atomic E-state index is -0.0974. The highest BCUT2D eigenvalue weighted by Crippen LogP contribution is 2.31. The Morgan fingerprint density at radius 2 is 1.76 bits per heavy atom. The van der Waals surface area contributed by atoms with Crippen molar-refractivity contribution in [2.45, 2.75) is 32.6 Å². The zero-order valence-corrected chi connectivity index (χ0v) is 13.2. The molecule has 0 spiro atoms. The lowest BCUT2D eigenvalue weighted by Crippen LogP contribution is -2.28. The van der Waals surface area contributed by atoms with Crippen molar-refractivity contribution < 1.29 is 4.79 Å². The van der Waals surface area contributed by atoms with Gasteiger partial charge in [0.05, 0.1) is 4.91 Å². The molecule has 1 aromatic rings. The fourth-order valence-electron chi connectivity index (χ4n) is 2.61. The number of hydrogen-bond donors (Lipinski definition) is 0. The third-order valence-electron chi connectivity index (χ3n) is 3.86. The number of aryl methyl sites for hydroxylation is 1. The highest BCUT2D eigenvalue weighted by Gasteiger charge is 2.26. The summed E-state index contributed by atoms with van der Waals surface area (Å²) in [5, 5.41) is 0.889. The van der Waals surface area contributed by atoms with Crippen LogP contribution in [0.25, 0.3) is 6.08 Å². The first kappa shape index (κ1) is 14.4. The largest absolute Gasteiger partial charge is 0.351 e. The number of rotatable bonds is 1. The van der Waals surface area contributed by atoms with E-state index in [0.717, 1.165) is 28.7 Å². The predicted octanol–water partition coefficient (Wildman–Crippen LogP) is 3.84. The first-order chi connectivity index (χ1) is 10.2. The zero-order chi connectivity index (χ0) is 14.7. The van der Waals surface area contributed by atoms with Gasteiger partial charge in [0.15, 0.2) is 5.17 Å². The maximum absolute atomic E-state index is 12.1. The molecule has 0 unspecified atom stereocenters. The van der Waals surface area contributed by atoms with Crippen LogP contribution in [0.15, 0.2) is 34.2 Å². The van der Waals surface area contributed by atoms with Crippen LogP contribution in [0.1, 0.15) is 36.8 Å². The summed E-state index contributed by atoms with van der Waals surface area (Å²) in [6, 6.07) is 8.21. The van der Waals surface area contributed by atoms with Gasteiger partial charge in [-0.05, 0) is 43.2 Å². The van der Waals surface area contributed by atoms with Crippen molar-refractivity contribution in [2.75, 3.05) is 13.1 Å². The van der Waals surface area contributed by atoms with E-state index < -0.39 is 0 Å².